The van der Waals surface area contributed by atoms with Gasteiger partial charge in [-0.05, 0) is 24.0 Å². The highest BCUT2D eigenvalue weighted by molar-refractivity contribution is 9.09. The van der Waals surface area contributed by atoms with Crippen LogP contribution in [0.1, 0.15) is 33.6 Å². The molecule has 1 amide bonds. The number of halogens is 1. The summed E-state index contributed by atoms with van der Waals surface area (Å²) < 4.78 is 5.53. The summed E-state index contributed by atoms with van der Waals surface area (Å²) in [4.78, 5) is 12.0. The Labute approximate surface area is 130 Å². The van der Waals surface area contributed by atoms with Gasteiger partial charge in [-0.25, -0.2) is 0 Å². The minimum atomic E-state index is 0.0433. The van der Waals surface area contributed by atoms with E-state index in [0.717, 1.165) is 17.5 Å². The number of nitrogens with one attached hydrogen (secondary N) is 1. The molecule has 1 N–H and O–H groups in total. The minimum absolute atomic E-state index is 0.0433. The molecular formula is C16H24BrNO2. The van der Waals surface area contributed by atoms with Gasteiger partial charge in [0, 0.05) is 11.4 Å². The summed E-state index contributed by atoms with van der Waals surface area (Å²) in [5.74, 6) is 0.843. The monoisotopic (exact) mass is 341 g/mol. The average molecular weight is 342 g/mol. The van der Waals surface area contributed by atoms with E-state index in [-0.39, 0.29) is 17.4 Å². The Bertz CT molecular complexity index is 401. The van der Waals surface area contributed by atoms with E-state index in [1.807, 2.05) is 30.3 Å². The molecule has 0 aliphatic rings. The Hall–Kier alpha value is -1.03. The number of hydrogen-bond donors (Lipinski definition) is 1. The number of rotatable bonds is 7. The van der Waals surface area contributed by atoms with Crippen molar-refractivity contribution in [2.75, 3.05) is 11.9 Å². The van der Waals surface area contributed by atoms with Crippen molar-refractivity contribution in [3.05, 3.63) is 30.3 Å². The average Bonchev–Trinajstić information content (AvgIpc) is 2.38. The summed E-state index contributed by atoms with van der Waals surface area (Å²) in [5.41, 5.74) is 0.0592. The quantitative estimate of drug-likeness (QED) is 0.766. The Balaban J connectivity index is 2.35. The first-order chi connectivity index (χ1) is 9.43. The van der Waals surface area contributed by atoms with Crippen LogP contribution in [0.5, 0.6) is 5.75 Å². The number of benzene rings is 1. The lowest BCUT2D eigenvalue weighted by Crippen LogP contribution is -2.44. The van der Waals surface area contributed by atoms with Gasteiger partial charge in [0.25, 0.3) is 0 Å². The standard InChI is InChI=1S/C16H24BrNO2/c1-16(2,3)14(9-11-17)18-15(19)10-12-20-13-7-5-4-6-8-13/h4-8,14H,9-12H2,1-3H3,(H,18,19). The fourth-order valence-corrected chi connectivity index (χ4v) is 2.33. The van der Waals surface area contributed by atoms with E-state index < -0.39 is 0 Å². The van der Waals surface area contributed by atoms with Crippen LogP contribution in [0.4, 0.5) is 0 Å². The molecule has 1 unspecified atom stereocenters. The van der Waals surface area contributed by atoms with Crippen LogP contribution in [0.3, 0.4) is 0 Å². The van der Waals surface area contributed by atoms with Gasteiger partial charge in [0.15, 0.2) is 0 Å². The van der Waals surface area contributed by atoms with E-state index in [1.54, 1.807) is 0 Å². The molecule has 4 heteroatoms. The van der Waals surface area contributed by atoms with Crippen molar-refractivity contribution in [3.63, 3.8) is 0 Å². The molecule has 1 atom stereocenters. The zero-order valence-corrected chi connectivity index (χ0v) is 14.1. The summed E-state index contributed by atoms with van der Waals surface area (Å²) in [5, 5.41) is 3.98. The maximum atomic E-state index is 12.0. The molecule has 112 valence electrons. The molecule has 0 bridgehead atoms. The van der Waals surface area contributed by atoms with Gasteiger partial charge in [0.1, 0.15) is 5.75 Å². The van der Waals surface area contributed by atoms with Crippen molar-refractivity contribution in [1.29, 1.82) is 0 Å². The Kier molecular flexibility index (Phi) is 7.06. The van der Waals surface area contributed by atoms with Crippen molar-refractivity contribution in [2.24, 2.45) is 5.41 Å². The molecule has 0 aliphatic carbocycles. The zero-order valence-electron chi connectivity index (χ0n) is 12.5. The van der Waals surface area contributed by atoms with E-state index in [2.05, 4.69) is 42.0 Å². The molecule has 0 heterocycles. The highest BCUT2D eigenvalue weighted by Crippen LogP contribution is 2.22. The van der Waals surface area contributed by atoms with Crippen molar-refractivity contribution >= 4 is 21.8 Å². The number of para-hydroxylation sites is 1. The van der Waals surface area contributed by atoms with Crippen LogP contribution in [0.25, 0.3) is 0 Å². The molecule has 1 aromatic rings. The lowest BCUT2D eigenvalue weighted by Gasteiger charge is -2.31. The molecule has 1 aromatic carbocycles. The molecule has 0 spiro atoms. The van der Waals surface area contributed by atoms with Gasteiger partial charge in [0.05, 0.1) is 13.0 Å². The number of hydrogen-bond acceptors (Lipinski definition) is 2. The molecule has 0 radical (unpaired) electrons. The molecule has 0 aromatic heterocycles. The number of carbonyl (C=O) groups excluding carboxylic acids is 1. The molecule has 0 fully saturated rings. The van der Waals surface area contributed by atoms with E-state index in [0.29, 0.717) is 13.0 Å². The van der Waals surface area contributed by atoms with Gasteiger partial charge in [0.2, 0.25) is 5.91 Å². The third-order valence-corrected chi connectivity index (χ3v) is 3.58. The van der Waals surface area contributed by atoms with Crippen LogP contribution in [0.15, 0.2) is 30.3 Å². The Morgan fingerprint density at radius 3 is 2.50 bits per heavy atom. The van der Waals surface area contributed by atoms with Gasteiger partial charge in [-0.3, -0.25) is 4.79 Å². The maximum Gasteiger partial charge on any atom is 0.223 e. The number of alkyl halides is 1. The van der Waals surface area contributed by atoms with Crippen LogP contribution in [-0.2, 0) is 4.79 Å². The predicted molar refractivity (Wildman–Crippen MR) is 86.4 cm³/mol. The van der Waals surface area contributed by atoms with Gasteiger partial charge < -0.3 is 10.1 Å². The smallest absolute Gasteiger partial charge is 0.223 e. The summed E-state index contributed by atoms with van der Waals surface area (Å²) in [6.07, 6.45) is 1.30. The molecule has 0 saturated heterocycles. The van der Waals surface area contributed by atoms with Crippen LogP contribution in [0, 0.1) is 5.41 Å². The first kappa shape index (κ1) is 17.0. The molecule has 1 rings (SSSR count). The summed E-state index contributed by atoms with van der Waals surface area (Å²) >= 11 is 3.44. The lowest BCUT2D eigenvalue weighted by molar-refractivity contribution is -0.123. The number of amides is 1. The first-order valence-electron chi connectivity index (χ1n) is 6.96. The SMILES string of the molecule is CC(C)(C)C(CCBr)NC(=O)CCOc1ccccc1. The molecule has 0 aliphatic heterocycles. The third-order valence-electron chi connectivity index (χ3n) is 3.12. The van der Waals surface area contributed by atoms with E-state index in [9.17, 15) is 4.79 Å². The fraction of sp³-hybridized carbons (Fsp3) is 0.562. The second kappa shape index (κ2) is 8.30. The third kappa shape index (κ3) is 6.42. The highest BCUT2D eigenvalue weighted by atomic mass is 79.9. The van der Waals surface area contributed by atoms with E-state index >= 15 is 0 Å². The summed E-state index contributed by atoms with van der Waals surface area (Å²) in [6, 6.07) is 9.73. The van der Waals surface area contributed by atoms with Crippen molar-refractivity contribution in [3.8, 4) is 5.75 Å². The summed E-state index contributed by atoms with van der Waals surface area (Å²) in [7, 11) is 0. The molecule has 0 saturated carbocycles. The molecule has 20 heavy (non-hydrogen) atoms. The summed E-state index contributed by atoms with van der Waals surface area (Å²) in [6.45, 7) is 6.82. The van der Waals surface area contributed by atoms with Gasteiger partial charge >= 0.3 is 0 Å². The maximum absolute atomic E-state index is 12.0. The topological polar surface area (TPSA) is 38.3 Å². The number of ether oxygens (including phenoxy) is 1. The van der Waals surface area contributed by atoms with Crippen molar-refractivity contribution in [2.45, 2.75) is 39.7 Å². The zero-order chi connectivity index (χ0) is 15.0. The minimum Gasteiger partial charge on any atom is -0.493 e. The Morgan fingerprint density at radius 2 is 1.95 bits per heavy atom. The Morgan fingerprint density at radius 1 is 1.30 bits per heavy atom. The predicted octanol–water partition coefficient (Wildman–Crippen LogP) is 3.77. The van der Waals surface area contributed by atoms with Crippen molar-refractivity contribution < 1.29 is 9.53 Å². The normalized spacial score (nSPS) is 12.8. The van der Waals surface area contributed by atoms with Gasteiger partial charge in [-0.15, -0.1) is 0 Å². The van der Waals surface area contributed by atoms with Crippen LogP contribution in [-0.4, -0.2) is 23.9 Å². The van der Waals surface area contributed by atoms with E-state index in [4.69, 9.17) is 4.74 Å². The second-order valence-corrected chi connectivity index (χ2v) is 6.67. The lowest BCUT2D eigenvalue weighted by atomic mass is 9.85. The fourth-order valence-electron chi connectivity index (χ4n) is 1.88. The van der Waals surface area contributed by atoms with Gasteiger partial charge in [-0.1, -0.05) is 54.9 Å². The van der Waals surface area contributed by atoms with Gasteiger partial charge in [-0.2, -0.15) is 0 Å². The van der Waals surface area contributed by atoms with Crippen LogP contribution < -0.4 is 10.1 Å². The van der Waals surface area contributed by atoms with Crippen LogP contribution >= 0.6 is 15.9 Å². The van der Waals surface area contributed by atoms with Crippen molar-refractivity contribution in [1.82, 2.24) is 5.32 Å². The number of carbonyl (C=O) groups is 1. The van der Waals surface area contributed by atoms with E-state index in [1.165, 1.54) is 0 Å². The second-order valence-electron chi connectivity index (χ2n) is 5.88. The molecule has 3 nitrogen and oxygen atoms in total. The molecular weight excluding hydrogens is 318 g/mol. The first-order valence-corrected chi connectivity index (χ1v) is 8.09. The highest BCUT2D eigenvalue weighted by Gasteiger charge is 2.25. The largest absolute Gasteiger partial charge is 0.493 e. The van der Waals surface area contributed by atoms with Crippen LogP contribution in [0.2, 0.25) is 0 Å².